The molecule has 0 aliphatic carbocycles. The van der Waals surface area contributed by atoms with Crippen molar-refractivity contribution in [3.63, 3.8) is 0 Å². The molecule has 0 aliphatic heterocycles. The van der Waals surface area contributed by atoms with Gasteiger partial charge in [0.15, 0.2) is 5.78 Å². The quantitative estimate of drug-likeness (QED) is 0.508. The Morgan fingerprint density at radius 2 is 1.92 bits per heavy atom. The van der Waals surface area contributed by atoms with Crippen LogP contribution in [0.5, 0.6) is 0 Å². The lowest BCUT2D eigenvalue weighted by molar-refractivity contribution is 0.104. The monoisotopic (exact) mass is 174 g/mol. The molecule has 1 rings (SSSR count). The maximum Gasteiger partial charge on any atom is 0.185 e. The van der Waals surface area contributed by atoms with Crippen molar-refractivity contribution in [1.29, 1.82) is 0 Å². The van der Waals surface area contributed by atoms with Crippen LogP contribution in [-0.4, -0.2) is 5.78 Å². The zero-order chi connectivity index (χ0) is 9.68. The van der Waals surface area contributed by atoms with Gasteiger partial charge in [0.25, 0.3) is 0 Å². The lowest BCUT2D eigenvalue weighted by Gasteiger charge is -1.97. The van der Waals surface area contributed by atoms with Gasteiger partial charge in [-0.05, 0) is 25.0 Å². The van der Waals surface area contributed by atoms with E-state index in [4.69, 9.17) is 0 Å². The summed E-state index contributed by atoms with van der Waals surface area (Å²) in [5.74, 6) is 0.0742. The summed E-state index contributed by atoms with van der Waals surface area (Å²) in [5, 5.41) is 0. The molecule has 13 heavy (non-hydrogen) atoms. The number of hydrogen-bond acceptors (Lipinski definition) is 1. The first-order valence-electron chi connectivity index (χ1n) is 4.54. The summed E-state index contributed by atoms with van der Waals surface area (Å²) in [7, 11) is 0. The van der Waals surface area contributed by atoms with E-state index in [0.29, 0.717) is 0 Å². The van der Waals surface area contributed by atoms with Gasteiger partial charge in [-0.15, -0.1) is 0 Å². The second-order valence-corrected chi connectivity index (χ2v) is 2.91. The van der Waals surface area contributed by atoms with Crippen molar-refractivity contribution in [3.05, 3.63) is 47.5 Å². The first kappa shape index (κ1) is 9.72. The fourth-order valence-electron chi connectivity index (χ4n) is 1.15. The summed E-state index contributed by atoms with van der Waals surface area (Å²) in [5.41, 5.74) is 2.02. The fraction of sp³-hybridized carbons (Fsp3) is 0.250. The molecular weight excluding hydrogens is 160 g/mol. The third-order valence-electron chi connectivity index (χ3n) is 1.96. The van der Waals surface area contributed by atoms with Crippen LogP contribution in [0.25, 0.3) is 0 Å². The van der Waals surface area contributed by atoms with E-state index in [-0.39, 0.29) is 5.78 Å². The molecule has 1 nitrogen and oxygen atoms in total. The number of ketones is 1. The molecule has 0 N–H and O–H groups in total. The lowest BCUT2D eigenvalue weighted by Crippen LogP contribution is -1.93. The SMILES string of the molecule is CC=CC(=O)c1ccc(CC)cc1. The zero-order valence-electron chi connectivity index (χ0n) is 8.08. The molecule has 1 aromatic rings. The summed E-state index contributed by atoms with van der Waals surface area (Å²) >= 11 is 0. The Bertz CT molecular complexity index is 306. The Labute approximate surface area is 79.1 Å². The average Bonchev–Trinajstić information content (AvgIpc) is 2.18. The van der Waals surface area contributed by atoms with Crippen LogP contribution >= 0.6 is 0 Å². The van der Waals surface area contributed by atoms with Gasteiger partial charge in [-0.3, -0.25) is 4.79 Å². The predicted molar refractivity (Wildman–Crippen MR) is 55.0 cm³/mol. The Morgan fingerprint density at radius 3 is 2.38 bits per heavy atom. The summed E-state index contributed by atoms with van der Waals surface area (Å²) in [6.07, 6.45) is 4.36. The molecule has 0 aromatic heterocycles. The molecule has 68 valence electrons. The topological polar surface area (TPSA) is 17.1 Å². The van der Waals surface area contributed by atoms with Crippen LogP contribution in [0.3, 0.4) is 0 Å². The standard InChI is InChI=1S/C12H14O/c1-3-5-12(13)11-8-6-10(4-2)7-9-11/h3,5-9H,4H2,1-2H3. The number of hydrogen-bond donors (Lipinski definition) is 0. The van der Waals surface area contributed by atoms with Crippen LogP contribution in [-0.2, 0) is 6.42 Å². The number of allylic oxidation sites excluding steroid dienone is 2. The van der Waals surface area contributed by atoms with Crippen molar-refractivity contribution in [2.75, 3.05) is 0 Å². The first-order chi connectivity index (χ1) is 6.27. The van der Waals surface area contributed by atoms with Crippen LogP contribution in [0.4, 0.5) is 0 Å². The van der Waals surface area contributed by atoms with Crippen LogP contribution < -0.4 is 0 Å². The van der Waals surface area contributed by atoms with E-state index < -0.39 is 0 Å². The largest absolute Gasteiger partial charge is 0.289 e. The molecule has 0 saturated carbocycles. The Hall–Kier alpha value is -1.37. The summed E-state index contributed by atoms with van der Waals surface area (Å²) < 4.78 is 0. The van der Waals surface area contributed by atoms with Gasteiger partial charge in [-0.2, -0.15) is 0 Å². The Kier molecular flexibility index (Phi) is 3.44. The summed E-state index contributed by atoms with van der Waals surface area (Å²) in [4.78, 5) is 11.4. The first-order valence-corrected chi connectivity index (χ1v) is 4.54. The number of carbonyl (C=O) groups is 1. The van der Waals surface area contributed by atoms with E-state index in [9.17, 15) is 4.79 Å². The Balaban J connectivity index is 2.85. The maximum atomic E-state index is 11.4. The van der Waals surface area contributed by atoms with Crippen LogP contribution in [0, 0.1) is 0 Å². The highest BCUT2D eigenvalue weighted by molar-refractivity contribution is 6.04. The van der Waals surface area contributed by atoms with Crippen molar-refractivity contribution in [3.8, 4) is 0 Å². The highest BCUT2D eigenvalue weighted by atomic mass is 16.1. The van der Waals surface area contributed by atoms with E-state index >= 15 is 0 Å². The van der Waals surface area contributed by atoms with Crippen molar-refractivity contribution in [2.45, 2.75) is 20.3 Å². The molecule has 1 aromatic carbocycles. The van der Waals surface area contributed by atoms with Crippen molar-refractivity contribution in [2.24, 2.45) is 0 Å². The number of benzene rings is 1. The lowest BCUT2D eigenvalue weighted by atomic mass is 10.1. The van der Waals surface area contributed by atoms with E-state index in [1.54, 1.807) is 12.2 Å². The minimum Gasteiger partial charge on any atom is -0.289 e. The van der Waals surface area contributed by atoms with E-state index in [2.05, 4.69) is 6.92 Å². The molecule has 0 heterocycles. The molecule has 0 unspecified atom stereocenters. The van der Waals surface area contributed by atoms with Gasteiger partial charge in [0, 0.05) is 5.56 Å². The smallest absolute Gasteiger partial charge is 0.185 e. The van der Waals surface area contributed by atoms with Gasteiger partial charge in [0.05, 0.1) is 0 Å². The second-order valence-electron chi connectivity index (χ2n) is 2.91. The molecule has 0 amide bonds. The van der Waals surface area contributed by atoms with Gasteiger partial charge < -0.3 is 0 Å². The number of carbonyl (C=O) groups excluding carboxylic acids is 1. The van der Waals surface area contributed by atoms with Crippen molar-refractivity contribution < 1.29 is 4.79 Å². The molecule has 0 saturated heterocycles. The van der Waals surface area contributed by atoms with Crippen LogP contribution in [0.2, 0.25) is 0 Å². The van der Waals surface area contributed by atoms with Gasteiger partial charge >= 0.3 is 0 Å². The third kappa shape index (κ3) is 2.55. The molecule has 0 atom stereocenters. The molecule has 0 bridgehead atoms. The summed E-state index contributed by atoms with van der Waals surface area (Å²) in [6.45, 7) is 3.95. The van der Waals surface area contributed by atoms with Gasteiger partial charge in [0.1, 0.15) is 0 Å². The molecule has 0 spiro atoms. The molecule has 0 fully saturated rings. The van der Waals surface area contributed by atoms with Crippen molar-refractivity contribution >= 4 is 5.78 Å². The molecule has 1 heteroatoms. The normalized spacial score (nSPS) is 10.6. The predicted octanol–water partition coefficient (Wildman–Crippen LogP) is 3.01. The van der Waals surface area contributed by atoms with Crippen LogP contribution in [0.15, 0.2) is 36.4 Å². The van der Waals surface area contributed by atoms with E-state index in [0.717, 1.165) is 12.0 Å². The highest BCUT2D eigenvalue weighted by Gasteiger charge is 1.99. The maximum absolute atomic E-state index is 11.4. The van der Waals surface area contributed by atoms with Gasteiger partial charge in [-0.25, -0.2) is 0 Å². The van der Waals surface area contributed by atoms with Crippen LogP contribution in [0.1, 0.15) is 29.8 Å². The fourth-order valence-corrected chi connectivity index (χ4v) is 1.15. The third-order valence-corrected chi connectivity index (χ3v) is 1.96. The number of aryl methyl sites for hydroxylation is 1. The molecule has 0 radical (unpaired) electrons. The molecular formula is C12H14O. The van der Waals surface area contributed by atoms with Crippen molar-refractivity contribution in [1.82, 2.24) is 0 Å². The highest BCUT2D eigenvalue weighted by Crippen LogP contribution is 2.06. The zero-order valence-corrected chi connectivity index (χ0v) is 8.08. The minimum atomic E-state index is 0.0742. The number of rotatable bonds is 3. The van der Waals surface area contributed by atoms with E-state index in [1.165, 1.54) is 5.56 Å². The van der Waals surface area contributed by atoms with Gasteiger partial charge in [0.2, 0.25) is 0 Å². The minimum absolute atomic E-state index is 0.0742. The second kappa shape index (κ2) is 4.61. The average molecular weight is 174 g/mol. The van der Waals surface area contributed by atoms with E-state index in [1.807, 2.05) is 31.2 Å². The Morgan fingerprint density at radius 1 is 1.31 bits per heavy atom. The molecule has 0 aliphatic rings. The summed E-state index contributed by atoms with van der Waals surface area (Å²) in [6, 6.07) is 7.75. The van der Waals surface area contributed by atoms with Gasteiger partial charge in [-0.1, -0.05) is 37.3 Å².